The first kappa shape index (κ1) is 14.5. The van der Waals surface area contributed by atoms with Crippen molar-refractivity contribution in [3.8, 4) is 0 Å². The van der Waals surface area contributed by atoms with Gasteiger partial charge in [-0.15, -0.1) is 0 Å². The monoisotopic (exact) mass is 385 g/mol. The molecule has 100 valence electrons. The largest absolute Gasteiger partial charge is 0.381 e. The van der Waals surface area contributed by atoms with Crippen LogP contribution in [-0.4, -0.2) is 6.04 Å². The Hall–Kier alpha value is -0.870. The maximum Gasteiger partial charge on any atom is 0.126 e. The van der Waals surface area contributed by atoms with Crippen molar-refractivity contribution >= 4 is 37.5 Å². The van der Waals surface area contributed by atoms with Crippen LogP contribution in [0.15, 0.2) is 51.4 Å². The highest BCUT2D eigenvalue weighted by molar-refractivity contribution is 9.11. The van der Waals surface area contributed by atoms with Gasteiger partial charge in [-0.3, -0.25) is 0 Å². The smallest absolute Gasteiger partial charge is 0.126 e. The van der Waals surface area contributed by atoms with Gasteiger partial charge in [0, 0.05) is 20.7 Å². The summed E-state index contributed by atoms with van der Waals surface area (Å²) in [6.07, 6.45) is 0.648. The Labute approximate surface area is 129 Å². The van der Waals surface area contributed by atoms with Crippen LogP contribution in [0.1, 0.15) is 12.5 Å². The maximum absolute atomic E-state index is 13.6. The van der Waals surface area contributed by atoms with E-state index >= 15 is 0 Å². The molecule has 1 N–H and O–H groups in total. The lowest BCUT2D eigenvalue weighted by atomic mass is 10.1. The quantitative estimate of drug-likeness (QED) is 0.742. The molecule has 2 rings (SSSR count). The van der Waals surface area contributed by atoms with Gasteiger partial charge in [-0.25, -0.2) is 4.39 Å². The van der Waals surface area contributed by atoms with Crippen molar-refractivity contribution in [2.45, 2.75) is 19.4 Å². The summed E-state index contributed by atoms with van der Waals surface area (Å²) < 4.78 is 15.6. The summed E-state index contributed by atoms with van der Waals surface area (Å²) in [5, 5.41) is 3.38. The van der Waals surface area contributed by atoms with Crippen LogP contribution in [0.3, 0.4) is 0 Å². The van der Waals surface area contributed by atoms with Crippen LogP contribution in [-0.2, 0) is 6.42 Å². The van der Waals surface area contributed by atoms with Crippen LogP contribution in [0.5, 0.6) is 0 Å². The Morgan fingerprint density at radius 3 is 2.58 bits per heavy atom. The van der Waals surface area contributed by atoms with E-state index < -0.39 is 0 Å². The SMILES string of the molecule is CC(Cc1ccccc1F)Nc1ccc(Br)cc1Br. The summed E-state index contributed by atoms with van der Waals surface area (Å²) >= 11 is 6.93. The van der Waals surface area contributed by atoms with E-state index in [2.05, 4.69) is 37.2 Å². The van der Waals surface area contributed by atoms with Gasteiger partial charge in [0.1, 0.15) is 5.82 Å². The third-order valence-corrected chi connectivity index (χ3v) is 3.97. The maximum atomic E-state index is 13.6. The third kappa shape index (κ3) is 4.05. The molecule has 2 aromatic carbocycles. The summed E-state index contributed by atoms with van der Waals surface area (Å²) in [6.45, 7) is 2.04. The molecule has 0 amide bonds. The third-order valence-electron chi connectivity index (χ3n) is 2.82. The number of hydrogen-bond acceptors (Lipinski definition) is 1. The fourth-order valence-corrected chi connectivity index (χ4v) is 3.08. The van der Waals surface area contributed by atoms with Gasteiger partial charge < -0.3 is 5.32 Å². The number of nitrogens with one attached hydrogen (secondary N) is 1. The summed E-state index contributed by atoms with van der Waals surface area (Å²) in [5.41, 5.74) is 1.74. The fraction of sp³-hybridized carbons (Fsp3) is 0.200. The van der Waals surface area contributed by atoms with Gasteiger partial charge in [-0.2, -0.15) is 0 Å². The number of halogens is 3. The Bertz CT molecular complexity index is 572. The average molecular weight is 387 g/mol. The van der Waals surface area contributed by atoms with Crippen molar-refractivity contribution < 1.29 is 4.39 Å². The normalized spacial score (nSPS) is 12.2. The van der Waals surface area contributed by atoms with Crippen molar-refractivity contribution in [1.29, 1.82) is 0 Å². The van der Waals surface area contributed by atoms with Crippen LogP contribution >= 0.6 is 31.9 Å². The lowest BCUT2D eigenvalue weighted by Gasteiger charge is -2.17. The van der Waals surface area contributed by atoms with E-state index in [-0.39, 0.29) is 11.9 Å². The van der Waals surface area contributed by atoms with Crippen molar-refractivity contribution in [1.82, 2.24) is 0 Å². The van der Waals surface area contributed by atoms with Crippen molar-refractivity contribution in [2.75, 3.05) is 5.32 Å². The number of anilines is 1. The number of hydrogen-bond donors (Lipinski definition) is 1. The van der Waals surface area contributed by atoms with E-state index in [4.69, 9.17) is 0 Å². The first-order valence-corrected chi connectivity index (χ1v) is 7.60. The van der Waals surface area contributed by atoms with E-state index in [1.54, 1.807) is 6.07 Å². The summed E-state index contributed by atoms with van der Waals surface area (Å²) in [4.78, 5) is 0. The molecule has 0 fully saturated rings. The van der Waals surface area contributed by atoms with E-state index in [0.29, 0.717) is 6.42 Å². The molecule has 1 nitrogen and oxygen atoms in total. The molecular formula is C15H14Br2FN. The molecular weight excluding hydrogens is 373 g/mol. The first-order chi connectivity index (χ1) is 9.06. The lowest BCUT2D eigenvalue weighted by Crippen LogP contribution is -2.19. The minimum Gasteiger partial charge on any atom is -0.381 e. The highest BCUT2D eigenvalue weighted by Crippen LogP contribution is 2.27. The molecule has 4 heteroatoms. The topological polar surface area (TPSA) is 12.0 Å². The first-order valence-electron chi connectivity index (χ1n) is 6.01. The summed E-state index contributed by atoms with van der Waals surface area (Å²) in [6, 6.07) is 13.0. The van der Waals surface area contributed by atoms with Gasteiger partial charge in [0.2, 0.25) is 0 Å². The van der Waals surface area contributed by atoms with Gasteiger partial charge in [0.15, 0.2) is 0 Å². The van der Waals surface area contributed by atoms with Gasteiger partial charge in [-0.1, -0.05) is 34.1 Å². The molecule has 0 aliphatic carbocycles. The molecule has 0 spiro atoms. The average Bonchev–Trinajstić information content (AvgIpc) is 2.36. The molecule has 0 saturated carbocycles. The van der Waals surface area contributed by atoms with Crippen LogP contribution in [0.25, 0.3) is 0 Å². The van der Waals surface area contributed by atoms with E-state index in [1.807, 2.05) is 37.3 Å². The van der Waals surface area contributed by atoms with Crippen molar-refractivity contribution in [2.24, 2.45) is 0 Å². The Balaban J connectivity index is 2.05. The van der Waals surface area contributed by atoms with Crippen LogP contribution in [0.2, 0.25) is 0 Å². The second kappa shape index (κ2) is 6.53. The molecule has 2 aromatic rings. The zero-order chi connectivity index (χ0) is 13.8. The number of rotatable bonds is 4. The second-order valence-electron chi connectivity index (χ2n) is 4.47. The second-order valence-corrected chi connectivity index (χ2v) is 6.24. The molecule has 0 bridgehead atoms. The molecule has 0 aromatic heterocycles. The molecule has 0 radical (unpaired) electrons. The molecule has 19 heavy (non-hydrogen) atoms. The Morgan fingerprint density at radius 1 is 1.16 bits per heavy atom. The highest BCUT2D eigenvalue weighted by Gasteiger charge is 2.09. The molecule has 1 atom stereocenters. The van der Waals surface area contributed by atoms with Crippen molar-refractivity contribution in [3.05, 3.63) is 62.8 Å². The minimum atomic E-state index is -0.147. The summed E-state index contributed by atoms with van der Waals surface area (Å²) in [7, 11) is 0. The van der Waals surface area contributed by atoms with Crippen LogP contribution in [0.4, 0.5) is 10.1 Å². The predicted molar refractivity (Wildman–Crippen MR) is 85.0 cm³/mol. The molecule has 0 saturated heterocycles. The minimum absolute atomic E-state index is 0.147. The van der Waals surface area contributed by atoms with E-state index in [1.165, 1.54) is 6.07 Å². The number of benzene rings is 2. The van der Waals surface area contributed by atoms with E-state index in [9.17, 15) is 4.39 Å². The van der Waals surface area contributed by atoms with Crippen LogP contribution < -0.4 is 5.32 Å². The van der Waals surface area contributed by atoms with Crippen molar-refractivity contribution in [3.63, 3.8) is 0 Å². The highest BCUT2D eigenvalue weighted by atomic mass is 79.9. The molecule has 1 unspecified atom stereocenters. The Kier molecular flexibility index (Phi) is 4.99. The zero-order valence-electron chi connectivity index (χ0n) is 10.5. The fourth-order valence-electron chi connectivity index (χ4n) is 1.92. The van der Waals surface area contributed by atoms with Gasteiger partial charge in [0.05, 0.1) is 0 Å². The molecule has 0 aliphatic rings. The molecule has 0 aliphatic heterocycles. The summed E-state index contributed by atoms with van der Waals surface area (Å²) in [5.74, 6) is -0.147. The van der Waals surface area contributed by atoms with Crippen LogP contribution in [0, 0.1) is 5.82 Å². The zero-order valence-corrected chi connectivity index (χ0v) is 13.6. The Morgan fingerprint density at radius 2 is 1.89 bits per heavy atom. The lowest BCUT2D eigenvalue weighted by molar-refractivity contribution is 0.601. The predicted octanol–water partition coefficient (Wildman–Crippen LogP) is 5.39. The van der Waals surface area contributed by atoms with Gasteiger partial charge in [0.25, 0.3) is 0 Å². The molecule has 0 heterocycles. The standard InChI is InChI=1S/C15H14Br2FN/c1-10(8-11-4-2-3-5-14(11)18)19-15-7-6-12(16)9-13(15)17/h2-7,9-10,19H,8H2,1H3. The van der Waals surface area contributed by atoms with Gasteiger partial charge in [-0.05, 0) is 59.1 Å². The van der Waals surface area contributed by atoms with E-state index in [0.717, 1.165) is 20.2 Å². The van der Waals surface area contributed by atoms with Gasteiger partial charge >= 0.3 is 0 Å².